The zero-order valence-corrected chi connectivity index (χ0v) is 12.3. The first kappa shape index (κ1) is 14.7. The molecule has 0 saturated heterocycles. The molecular weight excluding hydrogens is 256 g/mol. The van der Waals surface area contributed by atoms with Gasteiger partial charge in [-0.2, -0.15) is 0 Å². The minimum absolute atomic E-state index is 0.0640. The van der Waals surface area contributed by atoms with Crippen molar-refractivity contribution in [1.29, 1.82) is 0 Å². The molecule has 1 aromatic rings. The molecular formula is C15H22N2O3. The second kappa shape index (κ2) is 6.13. The number of nitrogens with one attached hydrogen (secondary N) is 2. The van der Waals surface area contributed by atoms with Crippen LogP contribution in [0.15, 0.2) is 18.2 Å². The van der Waals surface area contributed by atoms with Gasteiger partial charge in [0.2, 0.25) is 5.91 Å². The van der Waals surface area contributed by atoms with E-state index in [1.54, 1.807) is 6.07 Å². The van der Waals surface area contributed by atoms with Crippen LogP contribution < -0.4 is 20.1 Å². The van der Waals surface area contributed by atoms with Crippen LogP contribution in [-0.2, 0) is 4.79 Å². The smallest absolute Gasteiger partial charge is 0.238 e. The van der Waals surface area contributed by atoms with Gasteiger partial charge in [-0.15, -0.1) is 0 Å². The molecule has 0 aromatic heterocycles. The Hall–Kier alpha value is -1.75. The molecule has 1 aromatic carbocycles. The Balaban J connectivity index is 1.85. The second-order valence-electron chi connectivity index (χ2n) is 6.07. The van der Waals surface area contributed by atoms with Gasteiger partial charge in [0.15, 0.2) is 11.5 Å². The largest absolute Gasteiger partial charge is 0.486 e. The highest BCUT2D eigenvalue weighted by Crippen LogP contribution is 2.32. The number of hydrogen-bond acceptors (Lipinski definition) is 4. The van der Waals surface area contributed by atoms with Crippen LogP contribution in [0.1, 0.15) is 20.8 Å². The Morgan fingerprint density at radius 2 is 1.90 bits per heavy atom. The van der Waals surface area contributed by atoms with Crippen LogP contribution in [0.2, 0.25) is 0 Å². The Kier molecular flexibility index (Phi) is 4.49. The third-order valence-electron chi connectivity index (χ3n) is 2.77. The monoisotopic (exact) mass is 278 g/mol. The molecule has 0 spiro atoms. The van der Waals surface area contributed by atoms with Crippen LogP contribution in [0.5, 0.6) is 11.5 Å². The van der Waals surface area contributed by atoms with Crippen LogP contribution in [0.3, 0.4) is 0 Å². The molecule has 0 bridgehead atoms. The lowest BCUT2D eigenvalue weighted by molar-refractivity contribution is -0.115. The van der Waals surface area contributed by atoms with Crippen molar-refractivity contribution in [3.05, 3.63) is 18.2 Å². The maximum Gasteiger partial charge on any atom is 0.238 e. The Bertz CT molecular complexity index is 480. The van der Waals surface area contributed by atoms with E-state index in [1.807, 2.05) is 12.1 Å². The van der Waals surface area contributed by atoms with Crippen LogP contribution in [0, 0.1) is 5.41 Å². The highest BCUT2D eigenvalue weighted by atomic mass is 16.6. The molecule has 1 aliphatic heterocycles. The third-order valence-corrected chi connectivity index (χ3v) is 2.77. The number of fused-ring (bicyclic) bond motifs is 1. The molecule has 1 aliphatic rings. The lowest BCUT2D eigenvalue weighted by atomic mass is 9.97. The number of hydrogen-bond donors (Lipinski definition) is 2. The van der Waals surface area contributed by atoms with Gasteiger partial charge in [-0.05, 0) is 17.5 Å². The lowest BCUT2D eigenvalue weighted by Crippen LogP contribution is -2.34. The maximum absolute atomic E-state index is 11.8. The van der Waals surface area contributed by atoms with Gasteiger partial charge in [0.25, 0.3) is 0 Å². The van der Waals surface area contributed by atoms with E-state index in [0.717, 1.165) is 18.0 Å². The molecule has 2 N–H and O–H groups in total. The molecule has 110 valence electrons. The first-order valence-electron chi connectivity index (χ1n) is 6.84. The fourth-order valence-electron chi connectivity index (χ4n) is 1.88. The lowest BCUT2D eigenvalue weighted by Gasteiger charge is -2.20. The minimum Gasteiger partial charge on any atom is -0.486 e. The molecule has 1 heterocycles. The molecule has 5 nitrogen and oxygen atoms in total. The van der Waals surface area contributed by atoms with Gasteiger partial charge in [0.1, 0.15) is 13.2 Å². The van der Waals surface area contributed by atoms with Crippen LogP contribution in [0.25, 0.3) is 0 Å². The molecule has 0 saturated carbocycles. The van der Waals surface area contributed by atoms with Crippen molar-refractivity contribution in [2.75, 3.05) is 31.6 Å². The summed E-state index contributed by atoms with van der Waals surface area (Å²) in [5, 5.41) is 5.98. The Morgan fingerprint density at radius 3 is 2.60 bits per heavy atom. The normalized spacial score (nSPS) is 13.9. The summed E-state index contributed by atoms with van der Waals surface area (Å²) in [4.78, 5) is 11.8. The van der Waals surface area contributed by atoms with E-state index in [4.69, 9.17) is 9.47 Å². The summed E-state index contributed by atoms with van der Waals surface area (Å²) in [5.41, 5.74) is 0.883. The number of rotatable bonds is 4. The average Bonchev–Trinajstić information content (AvgIpc) is 2.37. The van der Waals surface area contributed by atoms with Crippen LogP contribution in [0.4, 0.5) is 5.69 Å². The van der Waals surface area contributed by atoms with E-state index in [0.29, 0.717) is 25.5 Å². The number of amides is 1. The highest BCUT2D eigenvalue weighted by Gasteiger charge is 2.13. The molecule has 2 rings (SSSR count). The number of carbonyl (C=O) groups is 1. The summed E-state index contributed by atoms with van der Waals surface area (Å²) in [6.07, 6.45) is 0. The fraction of sp³-hybridized carbons (Fsp3) is 0.533. The summed E-state index contributed by atoms with van der Waals surface area (Å²) in [6, 6.07) is 5.41. The van der Waals surface area contributed by atoms with E-state index >= 15 is 0 Å². The molecule has 5 heteroatoms. The van der Waals surface area contributed by atoms with Gasteiger partial charge >= 0.3 is 0 Å². The fourth-order valence-corrected chi connectivity index (χ4v) is 1.88. The number of ether oxygens (including phenoxy) is 2. The van der Waals surface area contributed by atoms with E-state index in [-0.39, 0.29) is 11.3 Å². The van der Waals surface area contributed by atoms with Gasteiger partial charge in [0.05, 0.1) is 6.54 Å². The van der Waals surface area contributed by atoms with Crippen LogP contribution >= 0.6 is 0 Å². The quantitative estimate of drug-likeness (QED) is 0.885. The Morgan fingerprint density at radius 1 is 1.20 bits per heavy atom. The predicted molar refractivity (Wildman–Crippen MR) is 78.4 cm³/mol. The van der Waals surface area contributed by atoms with Crippen molar-refractivity contribution in [2.45, 2.75) is 20.8 Å². The first-order chi connectivity index (χ1) is 9.44. The standard InChI is InChI=1S/C15H22N2O3/c1-15(2,3)10-16-9-14(18)17-11-4-5-12-13(8-11)20-7-6-19-12/h4-5,8,16H,6-7,9-10H2,1-3H3,(H,17,18). The van der Waals surface area contributed by atoms with Gasteiger partial charge in [-0.3, -0.25) is 4.79 Å². The maximum atomic E-state index is 11.8. The van der Waals surface area contributed by atoms with Crippen molar-refractivity contribution in [1.82, 2.24) is 5.32 Å². The molecule has 0 atom stereocenters. The van der Waals surface area contributed by atoms with Gasteiger partial charge in [-0.1, -0.05) is 20.8 Å². The number of anilines is 1. The Labute approximate surface area is 119 Å². The van der Waals surface area contributed by atoms with Crippen molar-refractivity contribution >= 4 is 11.6 Å². The van der Waals surface area contributed by atoms with Crippen molar-refractivity contribution in [2.24, 2.45) is 5.41 Å². The van der Waals surface area contributed by atoms with Crippen molar-refractivity contribution < 1.29 is 14.3 Å². The number of benzene rings is 1. The zero-order chi connectivity index (χ0) is 14.6. The van der Waals surface area contributed by atoms with E-state index in [9.17, 15) is 4.79 Å². The topological polar surface area (TPSA) is 59.6 Å². The predicted octanol–water partition coefficient (Wildman–Crippen LogP) is 2.03. The SMILES string of the molecule is CC(C)(C)CNCC(=O)Nc1ccc2c(c1)OCCO2. The van der Waals surface area contributed by atoms with Crippen molar-refractivity contribution in [3.8, 4) is 11.5 Å². The molecule has 20 heavy (non-hydrogen) atoms. The summed E-state index contributed by atoms with van der Waals surface area (Å²) in [5.74, 6) is 1.34. The average molecular weight is 278 g/mol. The van der Waals surface area contributed by atoms with Gasteiger partial charge < -0.3 is 20.1 Å². The number of carbonyl (C=O) groups excluding carboxylic acids is 1. The summed E-state index contributed by atoms with van der Waals surface area (Å²) in [6.45, 7) is 8.57. The molecule has 0 radical (unpaired) electrons. The van der Waals surface area contributed by atoms with Gasteiger partial charge in [0, 0.05) is 18.3 Å². The second-order valence-corrected chi connectivity index (χ2v) is 6.07. The van der Waals surface area contributed by atoms with Crippen molar-refractivity contribution in [3.63, 3.8) is 0 Å². The molecule has 1 amide bonds. The molecule has 0 unspecified atom stereocenters. The highest BCUT2D eigenvalue weighted by molar-refractivity contribution is 5.92. The first-order valence-corrected chi connectivity index (χ1v) is 6.84. The summed E-state index contributed by atoms with van der Waals surface area (Å²) < 4.78 is 10.9. The summed E-state index contributed by atoms with van der Waals surface area (Å²) >= 11 is 0. The molecule has 0 aliphatic carbocycles. The summed E-state index contributed by atoms with van der Waals surface area (Å²) in [7, 11) is 0. The third kappa shape index (κ3) is 4.42. The van der Waals surface area contributed by atoms with Gasteiger partial charge in [-0.25, -0.2) is 0 Å². The van der Waals surface area contributed by atoms with E-state index < -0.39 is 0 Å². The molecule has 0 fully saturated rings. The van der Waals surface area contributed by atoms with Crippen LogP contribution in [-0.4, -0.2) is 32.2 Å². The van der Waals surface area contributed by atoms with E-state index in [2.05, 4.69) is 31.4 Å². The van der Waals surface area contributed by atoms with E-state index in [1.165, 1.54) is 0 Å². The minimum atomic E-state index is -0.0640. The zero-order valence-electron chi connectivity index (χ0n) is 12.3.